The molecule has 3 heterocycles. The van der Waals surface area contributed by atoms with E-state index in [0.717, 1.165) is 44.0 Å². The number of carbonyl (C=O) groups excluding carboxylic acids is 1. The summed E-state index contributed by atoms with van der Waals surface area (Å²) in [6.07, 6.45) is 5.29. The van der Waals surface area contributed by atoms with Crippen molar-refractivity contribution < 1.29 is 9.53 Å². The summed E-state index contributed by atoms with van der Waals surface area (Å²) in [7, 11) is 0. The monoisotopic (exact) mass is 332 g/mol. The molecule has 0 aliphatic carbocycles. The topological polar surface area (TPSA) is 67.4 Å². The van der Waals surface area contributed by atoms with Crippen LogP contribution in [0.2, 0.25) is 0 Å². The third-order valence-corrected chi connectivity index (χ3v) is 4.91. The van der Waals surface area contributed by atoms with Gasteiger partial charge < -0.3 is 10.1 Å². The number of aromatic nitrogens is 2. The van der Waals surface area contributed by atoms with Gasteiger partial charge in [-0.1, -0.05) is 0 Å². The first-order chi connectivity index (χ1) is 11.5. The van der Waals surface area contributed by atoms with Crippen LogP contribution in [0.3, 0.4) is 0 Å². The van der Waals surface area contributed by atoms with Crippen LogP contribution in [0.4, 0.5) is 0 Å². The molecule has 1 amide bonds. The number of piperidine rings is 1. The number of hydrogen-bond donors (Lipinski definition) is 1. The van der Waals surface area contributed by atoms with Gasteiger partial charge in [-0.3, -0.25) is 19.7 Å². The van der Waals surface area contributed by atoms with Gasteiger partial charge in [0.05, 0.1) is 30.5 Å². The summed E-state index contributed by atoms with van der Waals surface area (Å²) in [5.74, 6) is 1.13. The number of nitrogens with zero attached hydrogens (tertiary/aromatic N) is 3. The molecule has 6 nitrogen and oxygen atoms in total. The Morgan fingerprint density at radius 1 is 1.46 bits per heavy atom. The maximum atomic E-state index is 12.0. The van der Waals surface area contributed by atoms with Crippen LogP contribution in [0.1, 0.15) is 38.1 Å². The molecule has 2 aliphatic heterocycles. The number of aryl methyl sites for hydroxylation is 1. The molecule has 0 unspecified atom stereocenters. The number of ether oxygens (including phenoxy) is 1. The van der Waals surface area contributed by atoms with Crippen molar-refractivity contribution >= 4 is 5.91 Å². The standard InChI is InChI=1S/C18H28N4O2/c1-12(2)20-18(23)6-17-16-4-5-22(9-14(16)11-24-17)10-15-8-19-7-13(3)21-15/h7-8,12,14,16-17H,4-6,9-11H2,1-3H3,(H,20,23)/t14-,16-,17+/m1/s1. The number of rotatable bonds is 5. The second-order valence-corrected chi connectivity index (χ2v) is 7.40. The number of hydrogen-bond acceptors (Lipinski definition) is 5. The fourth-order valence-electron chi connectivity index (χ4n) is 3.90. The number of fused-ring (bicyclic) bond motifs is 1. The lowest BCUT2D eigenvalue weighted by Gasteiger charge is -2.35. The molecule has 1 aromatic heterocycles. The fraction of sp³-hybridized carbons (Fsp3) is 0.722. The SMILES string of the molecule is Cc1cncc(CN2CC[C@@H]3[C@@H](CO[C@H]3CC(=O)NC(C)C)C2)n1. The Hall–Kier alpha value is -1.53. The molecule has 0 saturated carbocycles. The van der Waals surface area contributed by atoms with Crippen LogP contribution in [-0.2, 0) is 16.1 Å². The van der Waals surface area contributed by atoms with Crippen molar-refractivity contribution in [1.82, 2.24) is 20.2 Å². The normalized spacial score (nSPS) is 27.2. The molecule has 0 spiro atoms. The Balaban J connectivity index is 1.52. The summed E-state index contributed by atoms with van der Waals surface area (Å²) in [5.41, 5.74) is 1.99. The minimum atomic E-state index is 0.0784. The second kappa shape index (κ2) is 7.57. The Morgan fingerprint density at radius 3 is 3.04 bits per heavy atom. The van der Waals surface area contributed by atoms with E-state index in [9.17, 15) is 4.79 Å². The predicted octanol–water partition coefficient (Wildman–Crippen LogP) is 1.54. The lowest BCUT2D eigenvalue weighted by atomic mass is 9.83. The van der Waals surface area contributed by atoms with Crippen molar-refractivity contribution in [2.45, 2.75) is 52.3 Å². The molecule has 3 atom stereocenters. The van der Waals surface area contributed by atoms with Crippen molar-refractivity contribution in [2.75, 3.05) is 19.7 Å². The first kappa shape index (κ1) is 17.3. The fourth-order valence-corrected chi connectivity index (χ4v) is 3.90. The first-order valence-electron chi connectivity index (χ1n) is 8.92. The molecule has 6 heteroatoms. The third kappa shape index (κ3) is 4.30. The summed E-state index contributed by atoms with van der Waals surface area (Å²) in [6, 6.07) is 0.187. The zero-order chi connectivity index (χ0) is 17.1. The summed E-state index contributed by atoms with van der Waals surface area (Å²) >= 11 is 0. The Labute approximate surface area is 144 Å². The average molecular weight is 332 g/mol. The van der Waals surface area contributed by atoms with Crippen molar-refractivity contribution in [3.63, 3.8) is 0 Å². The number of likely N-dealkylation sites (tertiary alicyclic amines) is 1. The van der Waals surface area contributed by atoms with Crippen molar-refractivity contribution in [3.8, 4) is 0 Å². The van der Waals surface area contributed by atoms with E-state index in [4.69, 9.17) is 4.74 Å². The molecule has 24 heavy (non-hydrogen) atoms. The Morgan fingerprint density at radius 2 is 2.29 bits per heavy atom. The van der Waals surface area contributed by atoms with E-state index in [1.165, 1.54) is 0 Å². The highest BCUT2D eigenvalue weighted by Gasteiger charge is 2.41. The highest BCUT2D eigenvalue weighted by Crippen LogP contribution is 2.36. The number of carbonyl (C=O) groups is 1. The zero-order valence-corrected chi connectivity index (χ0v) is 14.9. The van der Waals surface area contributed by atoms with E-state index in [1.807, 2.05) is 27.0 Å². The van der Waals surface area contributed by atoms with Gasteiger partial charge >= 0.3 is 0 Å². The van der Waals surface area contributed by atoms with Gasteiger partial charge in [-0.05, 0) is 39.7 Å². The lowest BCUT2D eigenvalue weighted by molar-refractivity contribution is -0.124. The molecule has 2 saturated heterocycles. The third-order valence-electron chi connectivity index (χ3n) is 4.91. The highest BCUT2D eigenvalue weighted by molar-refractivity contribution is 5.76. The van der Waals surface area contributed by atoms with Crippen LogP contribution < -0.4 is 5.32 Å². The number of nitrogens with one attached hydrogen (secondary N) is 1. The minimum absolute atomic E-state index is 0.0784. The van der Waals surface area contributed by atoms with Crippen LogP contribution in [0.25, 0.3) is 0 Å². The quantitative estimate of drug-likeness (QED) is 0.886. The summed E-state index contributed by atoms with van der Waals surface area (Å²) in [5, 5.41) is 2.97. The van der Waals surface area contributed by atoms with Gasteiger partial charge in [-0.15, -0.1) is 0 Å². The molecular formula is C18H28N4O2. The maximum absolute atomic E-state index is 12.0. The highest BCUT2D eigenvalue weighted by atomic mass is 16.5. The van der Waals surface area contributed by atoms with Gasteiger partial charge in [-0.2, -0.15) is 0 Å². The van der Waals surface area contributed by atoms with Gasteiger partial charge in [0.15, 0.2) is 0 Å². The van der Waals surface area contributed by atoms with Crippen LogP contribution in [-0.4, -0.2) is 52.6 Å². The van der Waals surface area contributed by atoms with Gasteiger partial charge in [-0.25, -0.2) is 0 Å². The lowest BCUT2D eigenvalue weighted by Crippen LogP contribution is -2.42. The molecule has 2 aliphatic rings. The van der Waals surface area contributed by atoms with E-state index in [1.54, 1.807) is 6.20 Å². The minimum Gasteiger partial charge on any atom is -0.377 e. The van der Waals surface area contributed by atoms with Gasteiger partial charge in [0, 0.05) is 37.4 Å². The summed E-state index contributed by atoms with van der Waals surface area (Å²) in [6.45, 7) is 9.61. The summed E-state index contributed by atoms with van der Waals surface area (Å²) in [4.78, 5) is 23.2. The summed E-state index contributed by atoms with van der Waals surface area (Å²) < 4.78 is 5.95. The molecule has 3 rings (SSSR count). The Bertz CT molecular complexity index is 578. The molecular weight excluding hydrogens is 304 g/mol. The van der Waals surface area contributed by atoms with Crippen LogP contribution in [0, 0.1) is 18.8 Å². The molecule has 132 valence electrons. The molecule has 2 fully saturated rings. The van der Waals surface area contributed by atoms with Crippen molar-refractivity contribution in [2.24, 2.45) is 11.8 Å². The molecule has 0 aromatic carbocycles. The largest absolute Gasteiger partial charge is 0.377 e. The molecule has 1 N–H and O–H groups in total. The van der Waals surface area contributed by atoms with E-state index in [2.05, 4.69) is 20.2 Å². The van der Waals surface area contributed by atoms with Crippen LogP contribution in [0.5, 0.6) is 0 Å². The second-order valence-electron chi connectivity index (χ2n) is 7.40. The van der Waals surface area contributed by atoms with Crippen molar-refractivity contribution in [3.05, 3.63) is 23.8 Å². The maximum Gasteiger partial charge on any atom is 0.222 e. The molecule has 1 aromatic rings. The van der Waals surface area contributed by atoms with Gasteiger partial charge in [0.1, 0.15) is 0 Å². The molecule has 0 bridgehead atoms. The zero-order valence-electron chi connectivity index (χ0n) is 14.9. The van der Waals surface area contributed by atoms with E-state index in [0.29, 0.717) is 18.3 Å². The van der Waals surface area contributed by atoms with E-state index in [-0.39, 0.29) is 18.1 Å². The Kier molecular flexibility index (Phi) is 5.46. The number of amides is 1. The smallest absolute Gasteiger partial charge is 0.222 e. The average Bonchev–Trinajstić information content (AvgIpc) is 2.89. The van der Waals surface area contributed by atoms with E-state index < -0.39 is 0 Å². The van der Waals surface area contributed by atoms with Crippen LogP contribution in [0.15, 0.2) is 12.4 Å². The molecule has 0 radical (unpaired) electrons. The van der Waals surface area contributed by atoms with Crippen LogP contribution >= 0.6 is 0 Å². The van der Waals surface area contributed by atoms with Gasteiger partial charge in [0.25, 0.3) is 0 Å². The van der Waals surface area contributed by atoms with E-state index >= 15 is 0 Å². The van der Waals surface area contributed by atoms with Crippen molar-refractivity contribution in [1.29, 1.82) is 0 Å². The van der Waals surface area contributed by atoms with Gasteiger partial charge in [0.2, 0.25) is 5.91 Å². The predicted molar refractivity (Wildman–Crippen MR) is 91.3 cm³/mol. The first-order valence-corrected chi connectivity index (χ1v) is 8.92.